The van der Waals surface area contributed by atoms with Gasteiger partial charge in [-0.15, -0.1) is 0 Å². The molecule has 4 rings (SSSR count). The fraction of sp³-hybridized carbons (Fsp3) is 0.375. The Bertz CT molecular complexity index is 1140. The Morgan fingerprint density at radius 3 is 2.59 bits per heavy atom. The Labute approximate surface area is 185 Å². The number of ether oxygens (including phenoxy) is 1. The number of aryl methyl sites for hydroxylation is 1. The monoisotopic (exact) mass is 439 g/mol. The third-order valence-electron chi connectivity index (χ3n) is 5.61. The minimum atomic E-state index is -0.931. The minimum absolute atomic E-state index is 0.320. The summed E-state index contributed by atoms with van der Waals surface area (Å²) in [4.78, 5) is 17.3. The van der Waals surface area contributed by atoms with Crippen molar-refractivity contribution < 1.29 is 23.6 Å². The molecule has 32 heavy (non-hydrogen) atoms. The van der Waals surface area contributed by atoms with Crippen LogP contribution < -0.4 is 4.74 Å². The van der Waals surface area contributed by atoms with Crippen molar-refractivity contribution in [2.24, 2.45) is 5.41 Å². The molecule has 1 atom stereocenters. The van der Waals surface area contributed by atoms with E-state index in [0.29, 0.717) is 36.8 Å². The number of hydrogen-bond acceptors (Lipinski definition) is 5. The lowest BCUT2D eigenvalue weighted by atomic mass is 9.83. The smallest absolute Gasteiger partial charge is 0.407 e. The second-order valence-electron chi connectivity index (χ2n) is 9.08. The first-order valence-electron chi connectivity index (χ1n) is 10.5. The molecule has 7 nitrogen and oxygen atoms in total. The van der Waals surface area contributed by atoms with Crippen molar-refractivity contribution in [2.75, 3.05) is 6.54 Å². The predicted molar refractivity (Wildman–Crippen MR) is 116 cm³/mol. The molecule has 3 heterocycles. The topological polar surface area (TPSA) is 88.7 Å². The van der Waals surface area contributed by atoms with Gasteiger partial charge < -0.3 is 19.3 Å². The molecule has 2 aromatic heterocycles. The number of halogens is 1. The Morgan fingerprint density at radius 1 is 1.22 bits per heavy atom. The van der Waals surface area contributed by atoms with E-state index in [0.717, 1.165) is 22.4 Å². The number of pyridine rings is 1. The van der Waals surface area contributed by atoms with Crippen molar-refractivity contribution in [3.8, 4) is 17.1 Å². The van der Waals surface area contributed by atoms with Gasteiger partial charge in [0.1, 0.15) is 23.4 Å². The van der Waals surface area contributed by atoms with E-state index in [9.17, 15) is 14.3 Å². The van der Waals surface area contributed by atoms with Gasteiger partial charge in [0, 0.05) is 30.0 Å². The van der Waals surface area contributed by atoms with Crippen LogP contribution in [0, 0.1) is 18.2 Å². The lowest BCUT2D eigenvalue weighted by molar-refractivity contribution is 0.0805. The fourth-order valence-corrected chi connectivity index (χ4v) is 3.92. The van der Waals surface area contributed by atoms with Crippen molar-refractivity contribution in [1.82, 2.24) is 15.0 Å². The van der Waals surface area contributed by atoms with Gasteiger partial charge in [0.25, 0.3) is 0 Å². The number of aromatic nitrogens is 2. The highest BCUT2D eigenvalue weighted by Gasteiger charge is 2.35. The molecule has 0 saturated carbocycles. The van der Waals surface area contributed by atoms with Crippen LogP contribution in [0.5, 0.6) is 5.88 Å². The summed E-state index contributed by atoms with van der Waals surface area (Å²) in [5.41, 5.74) is 3.53. The number of carbonyl (C=O) groups is 1. The molecule has 0 bridgehead atoms. The fourth-order valence-electron chi connectivity index (χ4n) is 3.92. The van der Waals surface area contributed by atoms with E-state index in [2.05, 4.69) is 30.9 Å². The molecule has 0 spiro atoms. The van der Waals surface area contributed by atoms with Crippen LogP contribution in [0.15, 0.2) is 40.9 Å². The lowest BCUT2D eigenvalue weighted by Gasteiger charge is -2.32. The van der Waals surface area contributed by atoms with Crippen molar-refractivity contribution >= 4 is 6.09 Å². The van der Waals surface area contributed by atoms with Crippen LogP contribution in [0.1, 0.15) is 49.5 Å². The molecule has 8 heteroatoms. The molecule has 0 radical (unpaired) electrons. The summed E-state index contributed by atoms with van der Waals surface area (Å²) in [6.07, 6.45) is -0.829. The van der Waals surface area contributed by atoms with Crippen LogP contribution in [-0.4, -0.2) is 32.8 Å². The second-order valence-corrected chi connectivity index (χ2v) is 9.08. The number of carboxylic acid groups (broad SMARTS) is 1. The number of hydrogen-bond donors (Lipinski definition) is 1. The summed E-state index contributed by atoms with van der Waals surface area (Å²) in [6.45, 7) is 8.73. The molecule has 1 aliphatic rings. The average Bonchev–Trinajstić information content (AvgIpc) is 3.12. The molecule has 0 saturated heterocycles. The Hall–Kier alpha value is -3.42. The molecular weight excluding hydrogens is 413 g/mol. The first-order valence-corrected chi connectivity index (χ1v) is 10.5. The number of nitrogens with zero attached hydrogens (tertiary/aromatic N) is 3. The highest BCUT2D eigenvalue weighted by molar-refractivity contribution is 5.65. The second kappa shape index (κ2) is 8.26. The van der Waals surface area contributed by atoms with Gasteiger partial charge in [-0.1, -0.05) is 32.0 Å². The van der Waals surface area contributed by atoms with Crippen LogP contribution in [-0.2, 0) is 13.0 Å². The van der Waals surface area contributed by atoms with Gasteiger partial charge in [-0.05, 0) is 36.8 Å². The van der Waals surface area contributed by atoms with Gasteiger partial charge in [-0.3, -0.25) is 0 Å². The molecule has 0 fully saturated rings. The predicted octanol–water partition coefficient (Wildman–Crippen LogP) is 5.39. The highest BCUT2D eigenvalue weighted by Crippen LogP contribution is 2.42. The molecule has 1 unspecified atom stereocenters. The summed E-state index contributed by atoms with van der Waals surface area (Å²) in [5.74, 6) is 0.760. The zero-order valence-corrected chi connectivity index (χ0v) is 18.6. The van der Waals surface area contributed by atoms with E-state index < -0.39 is 12.2 Å². The molecule has 0 aliphatic carbocycles. The van der Waals surface area contributed by atoms with Crippen molar-refractivity contribution in [1.29, 1.82) is 0 Å². The van der Waals surface area contributed by atoms with Gasteiger partial charge in [-0.2, -0.15) is 0 Å². The van der Waals surface area contributed by atoms with Crippen molar-refractivity contribution in [2.45, 2.75) is 46.8 Å². The highest BCUT2D eigenvalue weighted by atomic mass is 19.1. The molecule has 1 aliphatic heterocycles. The molecule has 1 N–H and O–H groups in total. The zero-order chi connectivity index (χ0) is 23.0. The molecule has 1 amide bonds. The molecule has 3 aromatic rings. The van der Waals surface area contributed by atoms with Crippen molar-refractivity contribution in [3.05, 3.63) is 64.8 Å². The maximum absolute atomic E-state index is 13.4. The Balaban J connectivity index is 1.68. The minimum Gasteiger partial charge on any atom is -0.469 e. The first-order chi connectivity index (χ1) is 15.1. The number of benzene rings is 1. The zero-order valence-electron chi connectivity index (χ0n) is 18.6. The molecule has 168 valence electrons. The number of rotatable bonds is 4. The van der Waals surface area contributed by atoms with Crippen LogP contribution >= 0.6 is 0 Å². The molecular formula is C24H26FN3O4. The van der Waals surface area contributed by atoms with Gasteiger partial charge in [0.15, 0.2) is 0 Å². The van der Waals surface area contributed by atoms with Crippen LogP contribution in [0.2, 0.25) is 0 Å². The Morgan fingerprint density at radius 2 is 1.94 bits per heavy atom. The SMILES string of the molecule is Cc1onc(-c2ccc(F)cc2)c1C(Oc1ccc2c(n1)CCN(C(=O)O)C2)C(C)(C)C. The normalized spacial score (nSPS) is 14.7. The van der Waals surface area contributed by atoms with Gasteiger partial charge >= 0.3 is 6.09 Å². The van der Waals surface area contributed by atoms with Gasteiger partial charge in [-0.25, -0.2) is 14.2 Å². The maximum Gasteiger partial charge on any atom is 0.407 e. The van der Waals surface area contributed by atoms with Crippen LogP contribution in [0.25, 0.3) is 11.3 Å². The van der Waals surface area contributed by atoms with Gasteiger partial charge in [0.05, 0.1) is 17.8 Å². The molecule has 1 aromatic carbocycles. The van der Waals surface area contributed by atoms with Crippen LogP contribution in [0.4, 0.5) is 9.18 Å². The van der Waals surface area contributed by atoms with Crippen LogP contribution in [0.3, 0.4) is 0 Å². The summed E-state index contributed by atoms with van der Waals surface area (Å²) in [7, 11) is 0. The Kier molecular flexibility index (Phi) is 5.62. The number of amides is 1. The summed E-state index contributed by atoms with van der Waals surface area (Å²) < 4.78 is 25.4. The standard InChI is InChI=1S/C24H26FN3O4/c1-14-20(21(27-32-14)15-5-8-17(25)9-6-15)22(24(2,3)4)31-19-10-7-16-13-28(23(29)30)12-11-18(16)26-19/h5-10,22H,11-13H2,1-4H3,(H,29,30). The van der Waals surface area contributed by atoms with E-state index in [1.54, 1.807) is 18.2 Å². The first kappa shape index (κ1) is 21.8. The van der Waals surface area contributed by atoms with E-state index in [1.807, 2.05) is 13.0 Å². The summed E-state index contributed by atoms with van der Waals surface area (Å²) in [6, 6.07) is 9.75. The lowest BCUT2D eigenvalue weighted by Crippen LogP contribution is -2.35. The largest absolute Gasteiger partial charge is 0.469 e. The maximum atomic E-state index is 13.4. The van der Waals surface area contributed by atoms with E-state index in [4.69, 9.17) is 9.26 Å². The van der Waals surface area contributed by atoms with E-state index in [1.165, 1.54) is 17.0 Å². The van der Waals surface area contributed by atoms with E-state index >= 15 is 0 Å². The third-order valence-corrected chi connectivity index (χ3v) is 5.61. The van der Waals surface area contributed by atoms with Gasteiger partial charge in [0.2, 0.25) is 5.88 Å². The quantitative estimate of drug-likeness (QED) is 0.587. The summed E-state index contributed by atoms with van der Waals surface area (Å²) in [5, 5.41) is 13.5. The third kappa shape index (κ3) is 4.30. The average molecular weight is 439 g/mol. The number of fused-ring (bicyclic) bond motifs is 1. The summed E-state index contributed by atoms with van der Waals surface area (Å²) >= 11 is 0. The van der Waals surface area contributed by atoms with Crippen molar-refractivity contribution in [3.63, 3.8) is 0 Å². The van der Waals surface area contributed by atoms with E-state index in [-0.39, 0.29) is 11.2 Å².